The van der Waals surface area contributed by atoms with E-state index in [1.54, 1.807) is 20.1 Å². The van der Waals surface area contributed by atoms with Crippen LogP contribution < -0.4 is 10.1 Å². The Balaban J connectivity index is 2.59. The Morgan fingerprint density at radius 2 is 1.86 bits per heavy atom. The first-order valence-electron chi connectivity index (χ1n) is 7.43. The lowest BCUT2D eigenvalue weighted by atomic mass is 10.1. The molecule has 0 radical (unpaired) electrons. The summed E-state index contributed by atoms with van der Waals surface area (Å²) in [4.78, 5) is 0. The van der Waals surface area contributed by atoms with Crippen LogP contribution in [-0.4, -0.2) is 20.8 Å². The van der Waals surface area contributed by atoms with Crippen molar-refractivity contribution in [2.45, 2.75) is 27.3 Å². The van der Waals surface area contributed by atoms with Gasteiger partial charge in [0, 0.05) is 13.1 Å². The van der Waals surface area contributed by atoms with Crippen molar-refractivity contribution < 1.29 is 13.9 Å². The molecule has 0 aliphatic rings. The summed E-state index contributed by atoms with van der Waals surface area (Å²) in [6, 6.07) is 7.80. The first-order valence-corrected chi connectivity index (χ1v) is 7.43. The second kappa shape index (κ2) is 9.26. The highest BCUT2D eigenvalue weighted by Crippen LogP contribution is 2.19. The van der Waals surface area contributed by atoms with Gasteiger partial charge >= 0.3 is 0 Å². The van der Waals surface area contributed by atoms with Crippen molar-refractivity contribution in [3.8, 4) is 5.75 Å². The molecule has 0 amide bonds. The minimum absolute atomic E-state index is 0.237. The standard InChI is InChI=1S/C18H26FNO2/c1-13(2)10-17(22-5)18(19)14(3)11-20-12-15-6-8-16(21-4)9-7-15/h6-10,13,20H,11-12H2,1-5H3/b17-10+,18-14-. The van der Waals surface area contributed by atoms with Gasteiger partial charge in [-0.15, -0.1) is 0 Å². The van der Waals surface area contributed by atoms with E-state index >= 15 is 0 Å². The predicted molar refractivity (Wildman–Crippen MR) is 88.4 cm³/mol. The second-order valence-electron chi connectivity index (χ2n) is 5.52. The molecule has 0 saturated carbocycles. The van der Waals surface area contributed by atoms with E-state index in [4.69, 9.17) is 9.47 Å². The minimum Gasteiger partial charge on any atom is -0.497 e. The van der Waals surface area contributed by atoms with E-state index in [9.17, 15) is 4.39 Å². The normalized spacial score (nSPS) is 13.1. The molecule has 0 aliphatic carbocycles. The number of hydrogen-bond donors (Lipinski definition) is 1. The van der Waals surface area contributed by atoms with E-state index in [0.717, 1.165) is 11.3 Å². The van der Waals surface area contributed by atoms with Crippen LogP contribution >= 0.6 is 0 Å². The van der Waals surface area contributed by atoms with Crippen molar-refractivity contribution in [1.29, 1.82) is 0 Å². The van der Waals surface area contributed by atoms with Crippen LogP contribution in [0.15, 0.2) is 47.5 Å². The second-order valence-corrected chi connectivity index (χ2v) is 5.52. The molecular weight excluding hydrogens is 281 g/mol. The lowest BCUT2D eigenvalue weighted by molar-refractivity contribution is 0.278. The van der Waals surface area contributed by atoms with Crippen LogP contribution in [0.1, 0.15) is 26.3 Å². The van der Waals surface area contributed by atoms with Crippen LogP contribution in [0.3, 0.4) is 0 Å². The Kier molecular flexibility index (Phi) is 7.67. The third kappa shape index (κ3) is 5.90. The zero-order chi connectivity index (χ0) is 16.5. The highest BCUT2D eigenvalue weighted by Gasteiger charge is 2.09. The Morgan fingerprint density at radius 3 is 2.36 bits per heavy atom. The summed E-state index contributed by atoms with van der Waals surface area (Å²) in [6.07, 6.45) is 1.78. The van der Waals surface area contributed by atoms with Crippen LogP contribution in [0, 0.1) is 5.92 Å². The van der Waals surface area contributed by atoms with Crippen LogP contribution in [0.5, 0.6) is 5.75 Å². The molecule has 1 aromatic carbocycles. The fraction of sp³-hybridized carbons (Fsp3) is 0.444. The Labute approximate surface area is 132 Å². The average Bonchev–Trinajstić information content (AvgIpc) is 2.52. The van der Waals surface area contributed by atoms with Gasteiger partial charge in [0.15, 0.2) is 11.6 Å². The number of benzene rings is 1. The van der Waals surface area contributed by atoms with Gasteiger partial charge in [-0.05, 0) is 42.2 Å². The number of allylic oxidation sites excluding steroid dienone is 2. The number of rotatable bonds is 8. The van der Waals surface area contributed by atoms with Crippen molar-refractivity contribution in [3.05, 3.63) is 53.1 Å². The summed E-state index contributed by atoms with van der Waals surface area (Å²) in [6.45, 7) is 6.89. The van der Waals surface area contributed by atoms with E-state index in [0.29, 0.717) is 24.4 Å². The van der Waals surface area contributed by atoms with Crippen molar-refractivity contribution >= 4 is 0 Å². The Hall–Kier alpha value is -1.81. The maximum atomic E-state index is 14.3. The Morgan fingerprint density at radius 1 is 1.23 bits per heavy atom. The topological polar surface area (TPSA) is 30.5 Å². The van der Waals surface area contributed by atoms with Gasteiger partial charge in [-0.1, -0.05) is 26.0 Å². The summed E-state index contributed by atoms with van der Waals surface area (Å²) in [5, 5.41) is 3.23. The van der Waals surface area contributed by atoms with Gasteiger partial charge in [-0.2, -0.15) is 0 Å². The number of methoxy groups -OCH3 is 2. The zero-order valence-electron chi connectivity index (χ0n) is 14.1. The van der Waals surface area contributed by atoms with Gasteiger partial charge in [0.2, 0.25) is 0 Å². The van der Waals surface area contributed by atoms with Gasteiger partial charge in [0.05, 0.1) is 14.2 Å². The smallest absolute Gasteiger partial charge is 0.164 e. The highest BCUT2D eigenvalue weighted by molar-refractivity contribution is 5.28. The fourth-order valence-electron chi connectivity index (χ4n) is 1.96. The Bertz CT molecular complexity index is 518. The quantitative estimate of drug-likeness (QED) is 0.576. The maximum Gasteiger partial charge on any atom is 0.164 e. The van der Waals surface area contributed by atoms with E-state index in [2.05, 4.69) is 5.32 Å². The van der Waals surface area contributed by atoms with E-state index in [1.807, 2.05) is 38.1 Å². The fourth-order valence-corrected chi connectivity index (χ4v) is 1.96. The van der Waals surface area contributed by atoms with Crippen LogP contribution in [0.4, 0.5) is 4.39 Å². The maximum absolute atomic E-state index is 14.3. The minimum atomic E-state index is -0.293. The van der Waals surface area contributed by atoms with E-state index < -0.39 is 0 Å². The third-order valence-corrected chi connectivity index (χ3v) is 3.17. The molecule has 0 atom stereocenters. The molecule has 0 unspecified atom stereocenters. The van der Waals surface area contributed by atoms with Gasteiger partial charge < -0.3 is 14.8 Å². The van der Waals surface area contributed by atoms with E-state index in [-0.39, 0.29) is 11.7 Å². The molecular formula is C18H26FNO2. The van der Waals surface area contributed by atoms with E-state index in [1.165, 1.54) is 7.11 Å². The zero-order valence-corrected chi connectivity index (χ0v) is 14.1. The van der Waals surface area contributed by atoms with Crippen LogP contribution in [-0.2, 0) is 11.3 Å². The molecule has 22 heavy (non-hydrogen) atoms. The summed E-state index contributed by atoms with van der Waals surface area (Å²) >= 11 is 0. The molecule has 0 saturated heterocycles. The molecule has 0 bridgehead atoms. The number of halogens is 1. The van der Waals surface area contributed by atoms with Gasteiger partial charge in [-0.3, -0.25) is 0 Å². The van der Waals surface area contributed by atoms with Crippen molar-refractivity contribution in [3.63, 3.8) is 0 Å². The molecule has 0 fully saturated rings. The molecule has 0 spiro atoms. The summed E-state index contributed by atoms with van der Waals surface area (Å²) in [5.41, 5.74) is 1.75. The van der Waals surface area contributed by atoms with Gasteiger partial charge in [-0.25, -0.2) is 4.39 Å². The SMILES string of the molecule is COC(=C/C(C)C)/C(F)=C(\C)CNCc1ccc(OC)cc1. The first-order chi connectivity index (χ1) is 10.5. The van der Waals surface area contributed by atoms with Crippen molar-refractivity contribution in [2.75, 3.05) is 20.8 Å². The summed E-state index contributed by atoms with van der Waals surface area (Å²) in [7, 11) is 3.13. The van der Waals surface area contributed by atoms with Crippen LogP contribution in [0.25, 0.3) is 0 Å². The molecule has 1 aromatic rings. The number of hydrogen-bond acceptors (Lipinski definition) is 3. The van der Waals surface area contributed by atoms with Crippen molar-refractivity contribution in [1.82, 2.24) is 5.32 Å². The molecule has 3 nitrogen and oxygen atoms in total. The van der Waals surface area contributed by atoms with Gasteiger partial charge in [0.25, 0.3) is 0 Å². The molecule has 1 N–H and O–H groups in total. The molecule has 122 valence electrons. The monoisotopic (exact) mass is 307 g/mol. The average molecular weight is 307 g/mol. The number of nitrogens with one attached hydrogen (secondary N) is 1. The summed E-state index contributed by atoms with van der Waals surface area (Å²) < 4.78 is 24.5. The molecule has 4 heteroatoms. The van der Waals surface area contributed by atoms with Gasteiger partial charge in [0.1, 0.15) is 5.75 Å². The van der Waals surface area contributed by atoms with Crippen molar-refractivity contribution in [2.24, 2.45) is 5.92 Å². The third-order valence-electron chi connectivity index (χ3n) is 3.17. The largest absolute Gasteiger partial charge is 0.497 e. The molecule has 1 rings (SSSR count). The lowest BCUT2D eigenvalue weighted by Gasteiger charge is -2.10. The predicted octanol–water partition coefficient (Wildman–Crippen LogP) is 4.21. The molecule has 0 heterocycles. The van der Waals surface area contributed by atoms with Crippen LogP contribution in [0.2, 0.25) is 0 Å². The molecule has 0 aromatic heterocycles. The number of ether oxygens (including phenoxy) is 2. The summed E-state index contributed by atoms with van der Waals surface area (Å²) in [5.74, 6) is 1.08. The molecule has 0 aliphatic heterocycles. The first kappa shape index (κ1) is 18.2. The highest BCUT2D eigenvalue weighted by atomic mass is 19.1. The lowest BCUT2D eigenvalue weighted by Crippen LogP contribution is -2.16.